The Bertz CT molecular complexity index is 422. The van der Waals surface area contributed by atoms with E-state index in [9.17, 15) is 0 Å². The van der Waals surface area contributed by atoms with Gasteiger partial charge in [0, 0.05) is 12.5 Å². The van der Waals surface area contributed by atoms with Gasteiger partial charge in [-0.1, -0.05) is 35.9 Å². The summed E-state index contributed by atoms with van der Waals surface area (Å²) in [5.41, 5.74) is 4.37. The maximum absolute atomic E-state index is 5.89. The van der Waals surface area contributed by atoms with Crippen LogP contribution in [0.1, 0.15) is 23.5 Å². The maximum atomic E-state index is 5.89. The SMILES string of the molecule is CNCC1OCCC2=Cc3ccccc3C21. The van der Waals surface area contributed by atoms with Gasteiger partial charge in [-0.25, -0.2) is 0 Å². The number of ether oxygens (including phenoxy) is 1. The molecule has 0 bridgehead atoms. The lowest BCUT2D eigenvalue weighted by Crippen LogP contribution is -2.36. The Morgan fingerprint density at radius 1 is 1.38 bits per heavy atom. The van der Waals surface area contributed by atoms with E-state index >= 15 is 0 Å². The lowest BCUT2D eigenvalue weighted by Gasteiger charge is -2.32. The molecule has 1 aromatic carbocycles. The van der Waals surface area contributed by atoms with Crippen LogP contribution in [-0.2, 0) is 4.74 Å². The van der Waals surface area contributed by atoms with E-state index in [0.717, 1.165) is 19.6 Å². The van der Waals surface area contributed by atoms with Gasteiger partial charge in [0.25, 0.3) is 0 Å². The molecule has 0 amide bonds. The Morgan fingerprint density at radius 3 is 3.12 bits per heavy atom. The van der Waals surface area contributed by atoms with Crippen molar-refractivity contribution < 1.29 is 4.74 Å². The van der Waals surface area contributed by atoms with Crippen molar-refractivity contribution in [1.29, 1.82) is 0 Å². The predicted octanol–water partition coefficient (Wildman–Crippen LogP) is 2.18. The molecule has 0 radical (unpaired) electrons. The molecule has 1 fully saturated rings. The van der Waals surface area contributed by atoms with Gasteiger partial charge in [0.2, 0.25) is 0 Å². The quantitative estimate of drug-likeness (QED) is 0.816. The van der Waals surface area contributed by atoms with Crippen LogP contribution in [0.5, 0.6) is 0 Å². The van der Waals surface area contributed by atoms with Crippen molar-refractivity contribution in [3.63, 3.8) is 0 Å². The number of nitrogens with one attached hydrogen (secondary N) is 1. The Morgan fingerprint density at radius 2 is 2.25 bits per heavy atom. The third-order valence-electron chi connectivity index (χ3n) is 3.57. The van der Waals surface area contributed by atoms with Crippen LogP contribution in [-0.4, -0.2) is 26.3 Å². The summed E-state index contributed by atoms with van der Waals surface area (Å²) in [5, 5.41) is 3.23. The summed E-state index contributed by atoms with van der Waals surface area (Å²) in [6.45, 7) is 1.79. The fourth-order valence-electron chi connectivity index (χ4n) is 2.88. The van der Waals surface area contributed by atoms with Gasteiger partial charge in [-0.2, -0.15) is 0 Å². The van der Waals surface area contributed by atoms with Crippen LogP contribution in [0.25, 0.3) is 6.08 Å². The van der Waals surface area contributed by atoms with E-state index in [1.54, 1.807) is 5.57 Å². The molecule has 0 aromatic heterocycles. The molecule has 84 valence electrons. The summed E-state index contributed by atoms with van der Waals surface area (Å²) in [4.78, 5) is 0. The van der Waals surface area contributed by atoms with E-state index in [4.69, 9.17) is 4.74 Å². The molecule has 0 saturated carbocycles. The second kappa shape index (κ2) is 4.04. The Hall–Kier alpha value is -1.12. The normalized spacial score (nSPS) is 27.2. The number of hydrogen-bond acceptors (Lipinski definition) is 2. The second-order valence-electron chi connectivity index (χ2n) is 4.54. The van der Waals surface area contributed by atoms with Gasteiger partial charge < -0.3 is 10.1 Å². The molecule has 1 aromatic rings. The molecule has 2 unspecified atom stereocenters. The Labute approximate surface area is 96.3 Å². The molecule has 2 heteroatoms. The average Bonchev–Trinajstić information content (AvgIpc) is 2.68. The maximum Gasteiger partial charge on any atom is 0.0805 e. The third-order valence-corrected chi connectivity index (χ3v) is 3.57. The Balaban J connectivity index is 1.98. The molecule has 2 nitrogen and oxygen atoms in total. The minimum Gasteiger partial charge on any atom is -0.376 e. The summed E-state index contributed by atoms with van der Waals surface area (Å²) in [6, 6.07) is 8.68. The van der Waals surface area contributed by atoms with Crippen molar-refractivity contribution >= 4 is 6.08 Å². The lowest BCUT2D eigenvalue weighted by atomic mass is 9.87. The number of hydrogen-bond donors (Lipinski definition) is 1. The van der Waals surface area contributed by atoms with Crippen LogP contribution in [0.2, 0.25) is 0 Å². The molecule has 1 saturated heterocycles. The van der Waals surface area contributed by atoms with Crippen molar-refractivity contribution in [3.8, 4) is 0 Å². The summed E-state index contributed by atoms with van der Waals surface area (Å²) in [7, 11) is 1.99. The topological polar surface area (TPSA) is 21.3 Å². The number of likely N-dealkylation sites (N-methyl/N-ethyl adjacent to an activating group) is 1. The van der Waals surface area contributed by atoms with E-state index in [0.29, 0.717) is 12.0 Å². The van der Waals surface area contributed by atoms with Crippen LogP contribution in [0.3, 0.4) is 0 Å². The number of rotatable bonds is 2. The minimum atomic E-state index is 0.300. The van der Waals surface area contributed by atoms with Crippen molar-refractivity contribution in [2.24, 2.45) is 0 Å². The first kappa shape index (κ1) is 10.1. The van der Waals surface area contributed by atoms with E-state index < -0.39 is 0 Å². The molecule has 2 aliphatic rings. The highest BCUT2D eigenvalue weighted by atomic mass is 16.5. The lowest BCUT2D eigenvalue weighted by molar-refractivity contribution is 0.0248. The first-order chi connectivity index (χ1) is 7.90. The van der Waals surface area contributed by atoms with E-state index in [1.807, 2.05) is 7.05 Å². The fraction of sp³-hybridized carbons (Fsp3) is 0.429. The van der Waals surface area contributed by atoms with Gasteiger partial charge in [0.05, 0.1) is 12.7 Å². The van der Waals surface area contributed by atoms with E-state index in [-0.39, 0.29) is 0 Å². The molecule has 16 heavy (non-hydrogen) atoms. The van der Waals surface area contributed by atoms with Crippen LogP contribution in [0.15, 0.2) is 29.8 Å². The van der Waals surface area contributed by atoms with Crippen molar-refractivity contribution in [3.05, 3.63) is 41.0 Å². The number of benzene rings is 1. The largest absolute Gasteiger partial charge is 0.376 e. The van der Waals surface area contributed by atoms with Crippen LogP contribution in [0, 0.1) is 0 Å². The van der Waals surface area contributed by atoms with Gasteiger partial charge in [0.1, 0.15) is 0 Å². The van der Waals surface area contributed by atoms with Crippen LogP contribution in [0.4, 0.5) is 0 Å². The average molecular weight is 215 g/mol. The Kier molecular flexibility index (Phi) is 2.54. The first-order valence-corrected chi connectivity index (χ1v) is 5.96. The predicted molar refractivity (Wildman–Crippen MR) is 65.4 cm³/mol. The zero-order chi connectivity index (χ0) is 11.0. The number of fused-ring (bicyclic) bond motifs is 3. The molecular formula is C14H17NO. The zero-order valence-electron chi connectivity index (χ0n) is 9.57. The van der Waals surface area contributed by atoms with Crippen LogP contribution >= 0.6 is 0 Å². The molecule has 2 atom stereocenters. The smallest absolute Gasteiger partial charge is 0.0805 e. The van der Waals surface area contributed by atoms with Crippen LogP contribution < -0.4 is 5.32 Å². The molecule has 1 heterocycles. The van der Waals surface area contributed by atoms with Gasteiger partial charge in [-0.3, -0.25) is 0 Å². The van der Waals surface area contributed by atoms with E-state index in [1.165, 1.54) is 11.1 Å². The monoisotopic (exact) mass is 215 g/mol. The fourth-order valence-corrected chi connectivity index (χ4v) is 2.88. The second-order valence-corrected chi connectivity index (χ2v) is 4.54. The van der Waals surface area contributed by atoms with E-state index in [2.05, 4.69) is 35.7 Å². The summed E-state index contributed by atoms with van der Waals surface area (Å²) < 4.78 is 5.89. The minimum absolute atomic E-state index is 0.300. The molecular weight excluding hydrogens is 198 g/mol. The zero-order valence-corrected chi connectivity index (χ0v) is 9.57. The van der Waals surface area contributed by atoms with Gasteiger partial charge in [-0.15, -0.1) is 0 Å². The molecule has 1 aliphatic carbocycles. The highest BCUT2D eigenvalue weighted by Crippen LogP contribution is 2.43. The first-order valence-electron chi connectivity index (χ1n) is 5.96. The van der Waals surface area contributed by atoms with Gasteiger partial charge in [0.15, 0.2) is 0 Å². The highest BCUT2D eigenvalue weighted by Gasteiger charge is 2.34. The summed E-state index contributed by atoms with van der Waals surface area (Å²) in [6.07, 6.45) is 3.73. The highest BCUT2D eigenvalue weighted by molar-refractivity contribution is 5.67. The summed E-state index contributed by atoms with van der Waals surface area (Å²) >= 11 is 0. The van der Waals surface area contributed by atoms with Crippen molar-refractivity contribution in [1.82, 2.24) is 5.32 Å². The standard InChI is InChI=1S/C14H17NO/c1-15-9-13-14-11(6-7-16-13)8-10-4-2-3-5-12(10)14/h2-5,8,13-15H,6-7,9H2,1H3. The molecule has 3 rings (SSSR count). The molecule has 1 aliphatic heterocycles. The molecule has 1 N–H and O–H groups in total. The molecule has 0 spiro atoms. The van der Waals surface area contributed by atoms with Crippen molar-refractivity contribution in [2.75, 3.05) is 20.2 Å². The summed E-state index contributed by atoms with van der Waals surface area (Å²) in [5.74, 6) is 0.484. The van der Waals surface area contributed by atoms with Gasteiger partial charge in [-0.05, 0) is 24.6 Å². The third kappa shape index (κ3) is 1.49. The van der Waals surface area contributed by atoms with Gasteiger partial charge >= 0.3 is 0 Å². The van der Waals surface area contributed by atoms with Crippen molar-refractivity contribution in [2.45, 2.75) is 18.4 Å².